The first kappa shape index (κ1) is 20.3. The van der Waals surface area contributed by atoms with E-state index in [0.717, 1.165) is 12.8 Å². The minimum atomic E-state index is -0.972. The van der Waals surface area contributed by atoms with Gasteiger partial charge in [-0.15, -0.1) is 0 Å². The zero-order valence-electron chi connectivity index (χ0n) is 16.5. The van der Waals surface area contributed by atoms with Crippen molar-refractivity contribution in [3.05, 3.63) is 82.1 Å². The van der Waals surface area contributed by atoms with Gasteiger partial charge in [-0.05, 0) is 38.3 Å². The van der Waals surface area contributed by atoms with Crippen LogP contribution in [-0.4, -0.2) is 29.0 Å². The molecule has 6 heteroatoms. The number of para-hydroxylation sites is 1. The lowest BCUT2D eigenvalue weighted by atomic mass is 10.1. The summed E-state index contributed by atoms with van der Waals surface area (Å²) in [5.74, 6) is -1.07. The summed E-state index contributed by atoms with van der Waals surface area (Å²) in [4.78, 5) is 39.5. The average Bonchev–Trinajstić information content (AvgIpc) is 2.72. The quantitative estimate of drug-likeness (QED) is 0.605. The fourth-order valence-electron chi connectivity index (χ4n) is 3.11. The molecule has 150 valence electrons. The van der Waals surface area contributed by atoms with Crippen molar-refractivity contribution in [2.45, 2.75) is 38.8 Å². The number of carbonyl (C=O) groups excluding carboxylic acids is 2. The predicted octanol–water partition coefficient (Wildman–Crippen LogP) is 3.21. The molecule has 0 aliphatic rings. The van der Waals surface area contributed by atoms with Crippen LogP contribution < -0.4 is 10.9 Å². The molecule has 0 saturated carbocycles. The van der Waals surface area contributed by atoms with Crippen LogP contribution in [0, 0.1) is 0 Å². The van der Waals surface area contributed by atoms with Gasteiger partial charge in [-0.1, -0.05) is 48.5 Å². The monoisotopic (exact) mass is 392 g/mol. The Morgan fingerprint density at radius 2 is 1.72 bits per heavy atom. The first-order chi connectivity index (χ1) is 13.9. The van der Waals surface area contributed by atoms with Gasteiger partial charge in [0.2, 0.25) is 5.56 Å². The molecular weight excluding hydrogens is 368 g/mol. The molecule has 1 heterocycles. The topological polar surface area (TPSA) is 88.3 Å². The fourth-order valence-corrected chi connectivity index (χ4v) is 3.11. The van der Waals surface area contributed by atoms with E-state index in [9.17, 15) is 14.4 Å². The second kappa shape index (κ2) is 9.19. The highest BCUT2D eigenvalue weighted by molar-refractivity contribution is 6.03. The van der Waals surface area contributed by atoms with Gasteiger partial charge >= 0.3 is 5.97 Å². The van der Waals surface area contributed by atoms with Crippen LogP contribution in [0.4, 0.5) is 0 Å². The van der Waals surface area contributed by atoms with Crippen molar-refractivity contribution >= 4 is 22.8 Å². The van der Waals surface area contributed by atoms with Crippen LogP contribution in [0.1, 0.15) is 36.2 Å². The van der Waals surface area contributed by atoms with Crippen molar-refractivity contribution in [2.75, 3.05) is 0 Å². The summed E-state index contributed by atoms with van der Waals surface area (Å²) in [5.41, 5.74) is 1.48. The van der Waals surface area contributed by atoms with Gasteiger partial charge in [-0.2, -0.15) is 0 Å². The molecule has 3 rings (SSSR count). The van der Waals surface area contributed by atoms with Crippen LogP contribution in [-0.2, 0) is 16.0 Å². The lowest BCUT2D eigenvalue weighted by molar-refractivity contribution is -0.129. The predicted molar refractivity (Wildman–Crippen MR) is 112 cm³/mol. The van der Waals surface area contributed by atoms with Gasteiger partial charge in [0.05, 0.1) is 5.56 Å². The number of benzene rings is 2. The Hall–Kier alpha value is -3.41. The number of nitrogens with one attached hydrogen (secondary N) is 2. The van der Waals surface area contributed by atoms with Gasteiger partial charge in [0.15, 0.2) is 6.10 Å². The van der Waals surface area contributed by atoms with Crippen molar-refractivity contribution in [3.63, 3.8) is 0 Å². The Morgan fingerprint density at radius 1 is 1.03 bits per heavy atom. The molecular formula is C23H24N2O4. The van der Waals surface area contributed by atoms with Crippen molar-refractivity contribution in [1.82, 2.24) is 10.3 Å². The third-order valence-electron chi connectivity index (χ3n) is 4.72. The maximum Gasteiger partial charge on any atom is 0.339 e. The number of aryl methyl sites for hydroxylation is 1. The van der Waals surface area contributed by atoms with Gasteiger partial charge in [0.25, 0.3) is 5.91 Å². The molecule has 0 saturated heterocycles. The second-order valence-electron chi connectivity index (χ2n) is 7.07. The molecule has 2 atom stereocenters. The number of esters is 1. The van der Waals surface area contributed by atoms with E-state index in [-0.39, 0.29) is 17.5 Å². The summed E-state index contributed by atoms with van der Waals surface area (Å²) in [6, 6.07) is 18.1. The number of rotatable bonds is 7. The van der Waals surface area contributed by atoms with E-state index < -0.39 is 17.6 Å². The Balaban J connectivity index is 1.59. The van der Waals surface area contributed by atoms with Gasteiger partial charge in [0, 0.05) is 23.0 Å². The highest BCUT2D eigenvalue weighted by Gasteiger charge is 2.22. The summed E-state index contributed by atoms with van der Waals surface area (Å²) in [7, 11) is 0. The highest BCUT2D eigenvalue weighted by Crippen LogP contribution is 2.16. The summed E-state index contributed by atoms with van der Waals surface area (Å²) < 4.78 is 5.32. The zero-order chi connectivity index (χ0) is 20.8. The summed E-state index contributed by atoms with van der Waals surface area (Å²) in [6.45, 7) is 3.44. The molecule has 0 radical (unpaired) electrons. The van der Waals surface area contributed by atoms with E-state index >= 15 is 0 Å². The van der Waals surface area contributed by atoms with E-state index in [0.29, 0.717) is 10.9 Å². The number of carbonyl (C=O) groups is 2. The van der Waals surface area contributed by atoms with Crippen LogP contribution in [0.2, 0.25) is 0 Å². The van der Waals surface area contributed by atoms with Crippen molar-refractivity contribution < 1.29 is 14.3 Å². The lowest BCUT2D eigenvalue weighted by Gasteiger charge is -2.18. The Bertz CT molecular complexity index is 1060. The second-order valence-corrected chi connectivity index (χ2v) is 7.07. The molecule has 0 unspecified atom stereocenters. The normalized spacial score (nSPS) is 12.9. The molecule has 0 aliphatic carbocycles. The summed E-state index contributed by atoms with van der Waals surface area (Å²) in [6.07, 6.45) is 0.643. The molecule has 0 bridgehead atoms. The number of aromatic amines is 1. The van der Waals surface area contributed by atoms with Gasteiger partial charge in [-0.3, -0.25) is 9.59 Å². The minimum absolute atomic E-state index is 0.0655. The number of pyridine rings is 1. The average molecular weight is 392 g/mol. The van der Waals surface area contributed by atoms with E-state index in [1.165, 1.54) is 18.6 Å². The molecule has 29 heavy (non-hydrogen) atoms. The lowest BCUT2D eigenvalue weighted by Crippen LogP contribution is -2.41. The standard InChI is InChI=1S/C23H24N2O4/c1-15(12-13-17-8-4-3-5-9-17)24-22(27)16(2)29-23(28)19-14-21(26)25-20-11-7-6-10-18(19)20/h3-11,14-16H,12-13H2,1-2H3,(H,24,27)(H,25,26)/t15-,16+/m1/s1. The van der Waals surface area contributed by atoms with Crippen molar-refractivity contribution in [2.24, 2.45) is 0 Å². The van der Waals surface area contributed by atoms with Crippen molar-refractivity contribution in [1.29, 1.82) is 0 Å². The van der Waals surface area contributed by atoms with E-state index in [1.54, 1.807) is 24.3 Å². The summed E-state index contributed by atoms with van der Waals surface area (Å²) in [5, 5.41) is 3.44. The molecule has 0 aliphatic heterocycles. The molecule has 2 N–H and O–H groups in total. The number of H-pyrrole nitrogens is 1. The zero-order valence-corrected chi connectivity index (χ0v) is 16.5. The molecule has 1 amide bonds. The number of aromatic nitrogens is 1. The SMILES string of the molecule is C[C@H](CCc1ccccc1)NC(=O)[C@H](C)OC(=O)c1cc(=O)[nH]c2ccccc12. The molecule has 0 spiro atoms. The highest BCUT2D eigenvalue weighted by atomic mass is 16.5. The van der Waals surface area contributed by atoms with Crippen LogP contribution in [0.3, 0.4) is 0 Å². The Morgan fingerprint density at radius 3 is 2.48 bits per heavy atom. The largest absolute Gasteiger partial charge is 0.449 e. The third-order valence-corrected chi connectivity index (χ3v) is 4.72. The van der Waals surface area contributed by atoms with E-state index in [2.05, 4.69) is 10.3 Å². The Kier molecular flexibility index (Phi) is 6.44. The first-order valence-corrected chi connectivity index (χ1v) is 9.61. The number of hydrogen-bond acceptors (Lipinski definition) is 4. The van der Waals surface area contributed by atoms with Gasteiger partial charge < -0.3 is 15.0 Å². The maximum atomic E-state index is 12.6. The number of fused-ring (bicyclic) bond motifs is 1. The minimum Gasteiger partial charge on any atom is -0.449 e. The number of ether oxygens (including phenoxy) is 1. The molecule has 2 aromatic carbocycles. The molecule has 6 nitrogen and oxygen atoms in total. The maximum absolute atomic E-state index is 12.6. The van der Waals surface area contributed by atoms with Crippen LogP contribution >= 0.6 is 0 Å². The molecule has 0 fully saturated rings. The third kappa shape index (κ3) is 5.31. The Labute approximate surface area is 168 Å². The van der Waals surface area contributed by atoms with Crippen LogP contribution in [0.15, 0.2) is 65.5 Å². The van der Waals surface area contributed by atoms with Crippen molar-refractivity contribution in [3.8, 4) is 0 Å². The van der Waals surface area contributed by atoms with Gasteiger partial charge in [0.1, 0.15) is 0 Å². The van der Waals surface area contributed by atoms with E-state index in [4.69, 9.17) is 4.74 Å². The fraction of sp³-hybridized carbons (Fsp3) is 0.261. The smallest absolute Gasteiger partial charge is 0.339 e. The van der Waals surface area contributed by atoms with Gasteiger partial charge in [-0.25, -0.2) is 4.79 Å². The molecule has 1 aromatic heterocycles. The number of amides is 1. The van der Waals surface area contributed by atoms with Crippen LogP contribution in [0.5, 0.6) is 0 Å². The summed E-state index contributed by atoms with van der Waals surface area (Å²) >= 11 is 0. The van der Waals surface area contributed by atoms with Crippen LogP contribution in [0.25, 0.3) is 10.9 Å². The molecule has 3 aromatic rings. The van der Waals surface area contributed by atoms with E-state index in [1.807, 2.05) is 37.3 Å². The number of hydrogen-bond donors (Lipinski definition) is 2. The first-order valence-electron chi connectivity index (χ1n) is 9.61.